The minimum atomic E-state index is -0.618. The first-order valence-corrected chi connectivity index (χ1v) is 6.37. The minimum absolute atomic E-state index is 0.273. The monoisotopic (exact) mass is 297 g/mol. The highest BCUT2D eigenvalue weighted by molar-refractivity contribution is 6.29. The van der Waals surface area contributed by atoms with Gasteiger partial charge in [-0.2, -0.15) is 0 Å². The lowest BCUT2D eigenvalue weighted by Gasteiger charge is -2.23. The molecule has 1 atom stereocenters. The van der Waals surface area contributed by atoms with Crippen molar-refractivity contribution in [2.24, 2.45) is 0 Å². The van der Waals surface area contributed by atoms with Crippen molar-refractivity contribution in [3.63, 3.8) is 0 Å². The highest BCUT2D eigenvalue weighted by Gasteiger charge is 2.29. The number of hydrogen-bond donors (Lipinski definition) is 0. The second-order valence-corrected chi connectivity index (χ2v) is 4.75. The largest absolute Gasteiger partial charge is 0.271 e. The lowest BCUT2D eigenvalue weighted by Crippen LogP contribution is -2.22. The van der Waals surface area contributed by atoms with Gasteiger partial charge in [0.15, 0.2) is 5.82 Å². The van der Waals surface area contributed by atoms with Gasteiger partial charge in [0, 0.05) is 18.6 Å². The van der Waals surface area contributed by atoms with Crippen LogP contribution in [0.2, 0.25) is 5.15 Å². The van der Waals surface area contributed by atoms with Gasteiger partial charge in [0.2, 0.25) is 0 Å². The normalized spacial score (nSPS) is 18.6. The van der Waals surface area contributed by atoms with Crippen LogP contribution in [0.4, 0.5) is 14.6 Å². The zero-order chi connectivity index (χ0) is 14.1. The average molecular weight is 298 g/mol. The summed E-state index contributed by atoms with van der Waals surface area (Å²) < 4.78 is 26.7. The molecule has 2 aromatic rings. The first-order valence-electron chi connectivity index (χ1n) is 5.99. The number of hydroxylamine groups is 1. The van der Waals surface area contributed by atoms with Gasteiger partial charge >= 0.3 is 0 Å². The molecule has 7 heteroatoms. The van der Waals surface area contributed by atoms with E-state index in [0.717, 1.165) is 6.07 Å². The fraction of sp³-hybridized carbons (Fsp3) is 0.231. The van der Waals surface area contributed by atoms with Crippen LogP contribution in [0.3, 0.4) is 0 Å². The fourth-order valence-electron chi connectivity index (χ4n) is 2.21. The van der Waals surface area contributed by atoms with E-state index in [2.05, 4.69) is 9.97 Å². The summed E-state index contributed by atoms with van der Waals surface area (Å²) in [6, 6.07) is 4.64. The summed E-state index contributed by atoms with van der Waals surface area (Å²) >= 11 is 5.81. The van der Waals surface area contributed by atoms with Gasteiger partial charge in [0.05, 0.1) is 12.6 Å². The average Bonchev–Trinajstić information content (AvgIpc) is 2.86. The maximum absolute atomic E-state index is 13.3. The summed E-state index contributed by atoms with van der Waals surface area (Å²) in [5, 5.41) is 1.77. The van der Waals surface area contributed by atoms with E-state index in [1.165, 1.54) is 29.6 Å². The third kappa shape index (κ3) is 2.57. The van der Waals surface area contributed by atoms with Crippen LogP contribution in [-0.2, 0) is 4.84 Å². The predicted octanol–water partition coefficient (Wildman–Crippen LogP) is 3.29. The number of nitrogens with zero attached hydrogens (tertiary/aromatic N) is 3. The van der Waals surface area contributed by atoms with Crippen LogP contribution in [0.15, 0.2) is 30.6 Å². The summed E-state index contributed by atoms with van der Waals surface area (Å²) in [5.74, 6) is -0.780. The molecule has 1 fully saturated rings. The van der Waals surface area contributed by atoms with E-state index >= 15 is 0 Å². The summed E-state index contributed by atoms with van der Waals surface area (Å²) in [4.78, 5) is 13.3. The zero-order valence-electron chi connectivity index (χ0n) is 10.3. The van der Waals surface area contributed by atoms with Crippen LogP contribution < -0.4 is 5.06 Å². The molecule has 3 rings (SSSR count). The van der Waals surface area contributed by atoms with Crippen molar-refractivity contribution in [1.82, 2.24) is 9.97 Å². The predicted molar refractivity (Wildman–Crippen MR) is 69.2 cm³/mol. The summed E-state index contributed by atoms with van der Waals surface area (Å²) in [6.07, 6.45) is 1.91. The molecule has 0 amide bonds. The van der Waals surface area contributed by atoms with Crippen LogP contribution in [0.25, 0.3) is 0 Å². The van der Waals surface area contributed by atoms with Crippen LogP contribution >= 0.6 is 11.6 Å². The van der Waals surface area contributed by atoms with E-state index in [4.69, 9.17) is 16.4 Å². The van der Waals surface area contributed by atoms with E-state index in [1.807, 2.05) is 0 Å². The second-order valence-electron chi connectivity index (χ2n) is 4.37. The van der Waals surface area contributed by atoms with Crippen molar-refractivity contribution in [3.05, 3.63) is 52.9 Å². The molecule has 1 aliphatic heterocycles. The number of anilines is 1. The van der Waals surface area contributed by atoms with Gasteiger partial charge < -0.3 is 0 Å². The maximum Gasteiger partial charge on any atom is 0.157 e. The minimum Gasteiger partial charge on any atom is -0.271 e. The van der Waals surface area contributed by atoms with Gasteiger partial charge in [-0.25, -0.2) is 23.8 Å². The number of halogens is 3. The first kappa shape index (κ1) is 13.2. The number of hydrogen-bond acceptors (Lipinski definition) is 4. The molecule has 0 bridgehead atoms. The zero-order valence-corrected chi connectivity index (χ0v) is 11.0. The number of aromatic nitrogens is 2. The van der Waals surface area contributed by atoms with Crippen molar-refractivity contribution in [2.45, 2.75) is 12.5 Å². The van der Waals surface area contributed by atoms with Gasteiger partial charge in [0.1, 0.15) is 23.1 Å². The van der Waals surface area contributed by atoms with Crippen molar-refractivity contribution >= 4 is 17.4 Å². The molecule has 0 N–H and O–H groups in total. The molecule has 1 aromatic heterocycles. The molecule has 104 valence electrons. The third-order valence-electron chi connectivity index (χ3n) is 3.02. The first-order chi connectivity index (χ1) is 9.63. The Hall–Kier alpha value is -1.79. The topological polar surface area (TPSA) is 38.2 Å². The van der Waals surface area contributed by atoms with Gasteiger partial charge in [-0.1, -0.05) is 11.6 Å². The molecule has 20 heavy (non-hydrogen) atoms. The van der Waals surface area contributed by atoms with E-state index in [0.29, 0.717) is 24.4 Å². The van der Waals surface area contributed by atoms with Crippen LogP contribution in [0, 0.1) is 11.6 Å². The van der Waals surface area contributed by atoms with Gasteiger partial charge in [-0.15, -0.1) is 0 Å². The Kier molecular flexibility index (Phi) is 3.50. The lowest BCUT2D eigenvalue weighted by molar-refractivity contribution is 0.156. The van der Waals surface area contributed by atoms with Crippen molar-refractivity contribution < 1.29 is 13.6 Å². The van der Waals surface area contributed by atoms with Crippen LogP contribution in [-0.4, -0.2) is 16.6 Å². The van der Waals surface area contributed by atoms with E-state index in [1.54, 1.807) is 0 Å². The van der Waals surface area contributed by atoms with Crippen molar-refractivity contribution in [1.29, 1.82) is 0 Å². The molecule has 1 aromatic carbocycles. The van der Waals surface area contributed by atoms with E-state index < -0.39 is 11.6 Å². The third-order valence-corrected chi connectivity index (χ3v) is 3.23. The van der Waals surface area contributed by atoms with Crippen molar-refractivity contribution in [2.75, 3.05) is 11.7 Å². The summed E-state index contributed by atoms with van der Waals surface area (Å²) in [6.45, 7) is 0.435. The maximum atomic E-state index is 13.3. The molecule has 0 radical (unpaired) electrons. The van der Waals surface area contributed by atoms with Crippen molar-refractivity contribution in [3.8, 4) is 0 Å². The Morgan fingerprint density at radius 1 is 1.15 bits per heavy atom. The molecule has 0 spiro atoms. The van der Waals surface area contributed by atoms with Crippen LogP contribution in [0.1, 0.15) is 18.0 Å². The lowest BCUT2D eigenvalue weighted by atomic mass is 10.0. The summed E-state index contributed by atoms with van der Waals surface area (Å²) in [5.41, 5.74) is 0.495. The molecular weight excluding hydrogens is 288 g/mol. The van der Waals surface area contributed by atoms with Crippen LogP contribution in [0.5, 0.6) is 0 Å². The van der Waals surface area contributed by atoms with E-state index in [9.17, 15) is 8.78 Å². The molecular formula is C13H10ClF2N3O. The number of benzene rings is 1. The highest BCUT2D eigenvalue weighted by atomic mass is 35.5. The molecule has 1 aliphatic rings. The highest BCUT2D eigenvalue weighted by Crippen LogP contribution is 2.34. The van der Waals surface area contributed by atoms with Gasteiger partial charge in [-0.3, -0.25) is 4.84 Å². The molecule has 1 saturated heterocycles. The Bertz CT molecular complexity index is 621. The Morgan fingerprint density at radius 3 is 2.60 bits per heavy atom. The summed E-state index contributed by atoms with van der Waals surface area (Å²) in [7, 11) is 0. The molecule has 0 saturated carbocycles. The Balaban J connectivity index is 1.96. The Labute approximate surface area is 118 Å². The van der Waals surface area contributed by atoms with Gasteiger partial charge in [0.25, 0.3) is 0 Å². The Morgan fingerprint density at radius 2 is 1.90 bits per heavy atom. The molecule has 0 unspecified atom stereocenters. The standard InChI is InChI=1S/C13H10ClF2N3O/c14-12-6-13(18-7-17-12)19-11(1-2-20-19)8-3-9(15)5-10(16)4-8/h3-7,11H,1-2H2/t11-/m1/s1. The molecule has 0 aliphatic carbocycles. The quantitative estimate of drug-likeness (QED) is 0.797. The van der Waals surface area contributed by atoms with E-state index in [-0.39, 0.29) is 11.2 Å². The van der Waals surface area contributed by atoms with Gasteiger partial charge in [-0.05, 0) is 17.7 Å². The molecule has 2 heterocycles. The molecule has 4 nitrogen and oxygen atoms in total. The smallest absolute Gasteiger partial charge is 0.157 e. The SMILES string of the molecule is Fc1cc(F)cc([C@H]2CCON2c2cc(Cl)ncn2)c1. The second kappa shape index (κ2) is 5.30. The number of rotatable bonds is 2. The fourth-order valence-corrected chi connectivity index (χ4v) is 2.35.